The number of allylic oxidation sites excluding steroid dienone is 2. The Hall–Kier alpha value is -1.81. The van der Waals surface area contributed by atoms with Gasteiger partial charge in [-0.3, -0.25) is 24.8 Å². The van der Waals surface area contributed by atoms with Crippen LogP contribution in [0.5, 0.6) is 0 Å². The summed E-state index contributed by atoms with van der Waals surface area (Å²) in [6.07, 6.45) is 2.45. The second-order valence-corrected chi connectivity index (χ2v) is 5.02. The Labute approximate surface area is 95.5 Å². The summed E-state index contributed by atoms with van der Waals surface area (Å²) in [4.78, 5) is 16.4. The average Bonchev–Trinajstić information content (AvgIpc) is 2.14. The van der Waals surface area contributed by atoms with Crippen LogP contribution in [-0.4, -0.2) is 27.7 Å². The fourth-order valence-electron chi connectivity index (χ4n) is 1.63. The molecule has 0 radical (unpaired) electrons. The first kappa shape index (κ1) is 13.3. The third kappa shape index (κ3) is 1.80. The van der Waals surface area contributed by atoms with Crippen molar-refractivity contribution >= 4 is 10.1 Å². The van der Waals surface area contributed by atoms with E-state index in [2.05, 4.69) is 0 Å². The van der Waals surface area contributed by atoms with Crippen LogP contribution in [0.15, 0.2) is 23.9 Å². The third-order valence-corrected chi connectivity index (χ3v) is 4.04. The van der Waals surface area contributed by atoms with Crippen molar-refractivity contribution in [2.75, 3.05) is 0 Å². The molecule has 0 saturated carbocycles. The largest absolute Gasteiger partial charge is 0.373 e. The maximum atomic E-state index is 11.1. The van der Waals surface area contributed by atoms with Gasteiger partial charge in [-0.2, -0.15) is 8.42 Å². The molecule has 0 bridgehead atoms. The van der Waals surface area contributed by atoms with Crippen LogP contribution in [0.3, 0.4) is 0 Å². The van der Waals surface area contributed by atoms with Crippen molar-refractivity contribution in [3.05, 3.63) is 44.2 Å². The highest BCUT2D eigenvalue weighted by Crippen LogP contribution is 2.36. The number of nitro groups is 2. The average molecular weight is 264 g/mol. The highest BCUT2D eigenvalue weighted by atomic mass is 32.2. The predicted octanol–water partition coefficient (Wildman–Crippen LogP) is 0.214. The molecule has 1 aliphatic rings. The van der Waals surface area contributed by atoms with E-state index < -0.39 is 36.5 Å². The van der Waals surface area contributed by atoms with Crippen LogP contribution in [-0.2, 0) is 10.1 Å². The Morgan fingerprint density at radius 2 is 1.94 bits per heavy atom. The zero-order chi connectivity index (χ0) is 13.4. The van der Waals surface area contributed by atoms with Gasteiger partial charge in [-0.25, -0.2) is 0 Å². The lowest BCUT2D eigenvalue weighted by atomic mass is 9.93. The Balaban J connectivity index is 3.50. The van der Waals surface area contributed by atoms with Crippen molar-refractivity contribution in [3.8, 4) is 0 Å². The number of hydrogen-bond donors (Lipinski definition) is 1. The van der Waals surface area contributed by atoms with E-state index in [-0.39, 0.29) is 0 Å². The first-order chi connectivity index (χ1) is 7.64. The molecule has 0 aromatic heterocycles. The fraction of sp³-hybridized carbons (Fsp3) is 0.429. The molecule has 9 nitrogen and oxygen atoms in total. The normalized spacial score (nSPS) is 28.6. The molecule has 1 N–H and O–H groups in total. The Bertz CT molecular complexity index is 534. The van der Waals surface area contributed by atoms with E-state index in [4.69, 9.17) is 4.55 Å². The number of hydrogen-bond acceptors (Lipinski definition) is 6. The molecular formula is C7H8N2O7S. The lowest BCUT2D eigenvalue weighted by molar-refractivity contribution is -0.545. The van der Waals surface area contributed by atoms with Gasteiger partial charge in [-0.15, -0.1) is 0 Å². The van der Waals surface area contributed by atoms with Gasteiger partial charge in [0.15, 0.2) is 0 Å². The SMILES string of the molecule is CC1C([N+](=O)[O-])=CC=CC1([N+](=O)[O-])S(=O)(=O)O. The second-order valence-electron chi connectivity index (χ2n) is 3.41. The molecule has 0 saturated heterocycles. The fourth-order valence-corrected chi connectivity index (χ4v) is 2.63. The lowest BCUT2D eigenvalue weighted by Gasteiger charge is -2.25. The van der Waals surface area contributed by atoms with E-state index in [1.807, 2.05) is 0 Å². The molecule has 0 aromatic rings. The van der Waals surface area contributed by atoms with E-state index in [1.54, 1.807) is 0 Å². The molecule has 10 heteroatoms. The molecule has 0 fully saturated rings. The maximum Gasteiger partial charge on any atom is 0.373 e. The zero-order valence-electron chi connectivity index (χ0n) is 8.51. The van der Waals surface area contributed by atoms with Gasteiger partial charge >= 0.3 is 15.0 Å². The van der Waals surface area contributed by atoms with Gasteiger partial charge in [-0.05, 0) is 6.92 Å². The molecule has 2 atom stereocenters. The van der Waals surface area contributed by atoms with Crippen LogP contribution in [0.25, 0.3) is 0 Å². The van der Waals surface area contributed by atoms with Crippen LogP contribution >= 0.6 is 0 Å². The first-order valence-corrected chi connectivity index (χ1v) is 5.74. The Morgan fingerprint density at radius 3 is 2.29 bits per heavy atom. The first-order valence-electron chi connectivity index (χ1n) is 4.30. The molecule has 0 heterocycles. The smallest absolute Gasteiger partial charge is 0.280 e. The standard InChI is InChI=1S/C7H8N2O7S/c1-5-6(8(10)11)3-2-4-7(5,9(12)13)17(14,15)16/h2-5H,1H3,(H,14,15,16). The Morgan fingerprint density at radius 1 is 1.41 bits per heavy atom. The molecule has 0 amide bonds. The summed E-state index contributed by atoms with van der Waals surface area (Å²) < 4.78 is 31.2. The molecule has 0 aliphatic heterocycles. The summed E-state index contributed by atoms with van der Waals surface area (Å²) in [5, 5.41) is 21.5. The minimum atomic E-state index is -5.13. The number of nitrogens with zero attached hydrogens (tertiary/aromatic N) is 2. The topological polar surface area (TPSA) is 141 Å². The zero-order valence-corrected chi connectivity index (χ0v) is 9.33. The van der Waals surface area contributed by atoms with E-state index in [0.29, 0.717) is 6.08 Å². The van der Waals surface area contributed by atoms with E-state index in [9.17, 15) is 28.6 Å². The van der Waals surface area contributed by atoms with Gasteiger partial charge < -0.3 is 0 Å². The molecule has 0 spiro atoms. The van der Waals surface area contributed by atoms with Crippen LogP contribution in [0.4, 0.5) is 0 Å². The molecule has 2 unspecified atom stereocenters. The highest BCUT2D eigenvalue weighted by molar-refractivity contribution is 7.87. The van der Waals surface area contributed by atoms with Gasteiger partial charge in [0.05, 0.1) is 9.85 Å². The quantitative estimate of drug-likeness (QED) is 0.436. The summed E-state index contributed by atoms with van der Waals surface area (Å²) in [7, 11) is -5.13. The van der Waals surface area contributed by atoms with Crippen LogP contribution in [0.1, 0.15) is 6.92 Å². The van der Waals surface area contributed by atoms with Crippen molar-refractivity contribution in [2.24, 2.45) is 5.92 Å². The summed E-state index contributed by atoms with van der Waals surface area (Å²) in [6.45, 7) is 0.995. The second kappa shape index (κ2) is 3.89. The van der Waals surface area contributed by atoms with Crippen molar-refractivity contribution in [1.29, 1.82) is 0 Å². The summed E-state index contributed by atoms with van der Waals surface area (Å²) in [5.41, 5.74) is -0.651. The molecule has 94 valence electrons. The van der Waals surface area contributed by atoms with Crippen LogP contribution in [0, 0.1) is 26.1 Å². The van der Waals surface area contributed by atoms with Crippen molar-refractivity contribution in [2.45, 2.75) is 11.8 Å². The monoisotopic (exact) mass is 264 g/mol. The van der Waals surface area contributed by atoms with E-state index in [0.717, 1.165) is 19.1 Å². The summed E-state index contributed by atoms with van der Waals surface area (Å²) in [5.74, 6) is -1.60. The van der Waals surface area contributed by atoms with Crippen molar-refractivity contribution in [3.63, 3.8) is 0 Å². The maximum absolute atomic E-state index is 11.1. The van der Waals surface area contributed by atoms with Crippen molar-refractivity contribution in [1.82, 2.24) is 0 Å². The highest BCUT2D eigenvalue weighted by Gasteiger charge is 2.62. The predicted molar refractivity (Wildman–Crippen MR) is 54.7 cm³/mol. The number of rotatable bonds is 3. The molecular weight excluding hydrogens is 256 g/mol. The lowest BCUT2D eigenvalue weighted by Crippen LogP contribution is -2.51. The molecule has 0 aromatic carbocycles. The van der Waals surface area contributed by atoms with Crippen LogP contribution < -0.4 is 0 Å². The van der Waals surface area contributed by atoms with E-state index in [1.165, 1.54) is 0 Å². The van der Waals surface area contributed by atoms with Crippen molar-refractivity contribution < 1.29 is 22.8 Å². The van der Waals surface area contributed by atoms with Gasteiger partial charge in [0, 0.05) is 12.2 Å². The molecule has 1 aliphatic carbocycles. The van der Waals surface area contributed by atoms with E-state index >= 15 is 0 Å². The van der Waals surface area contributed by atoms with Gasteiger partial charge in [0.1, 0.15) is 5.92 Å². The molecule has 1 rings (SSSR count). The van der Waals surface area contributed by atoms with Gasteiger partial charge in [0.2, 0.25) is 0 Å². The third-order valence-electron chi connectivity index (χ3n) is 2.58. The Kier molecular flexibility index (Phi) is 3.03. The van der Waals surface area contributed by atoms with Gasteiger partial charge in [-0.1, -0.05) is 6.08 Å². The summed E-state index contributed by atoms with van der Waals surface area (Å²) >= 11 is 0. The van der Waals surface area contributed by atoms with Gasteiger partial charge in [0.25, 0.3) is 5.70 Å². The summed E-state index contributed by atoms with van der Waals surface area (Å²) in [6, 6.07) is 0. The minimum Gasteiger partial charge on any atom is -0.280 e. The minimum absolute atomic E-state index is 0.625. The molecule has 17 heavy (non-hydrogen) atoms. The van der Waals surface area contributed by atoms with Crippen LogP contribution in [0.2, 0.25) is 0 Å².